The molecule has 10 heteroatoms. The molecule has 0 aliphatic rings. The van der Waals surface area contributed by atoms with Gasteiger partial charge in [-0.05, 0) is 60.4 Å². The van der Waals surface area contributed by atoms with Gasteiger partial charge >= 0.3 is 0 Å². The van der Waals surface area contributed by atoms with Gasteiger partial charge < -0.3 is 34.6 Å². The van der Waals surface area contributed by atoms with Crippen LogP contribution in [0, 0.1) is 0 Å². The summed E-state index contributed by atoms with van der Waals surface area (Å²) in [7, 11) is 6.40. The predicted molar refractivity (Wildman–Crippen MR) is 158 cm³/mol. The summed E-state index contributed by atoms with van der Waals surface area (Å²) in [4.78, 5) is 23.2. The number of hydrogen-bond donors (Lipinski definition) is 2. The Balaban J connectivity index is 1.43. The number of benzene rings is 3. The van der Waals surface area contributed by atoms with E-state index in [9.17, 15) is 4.79 Å². The first-order valence-corrected chi connectivity index (χ1v) is 13.2. The molecule has 2 heterocycles. The highest BCUT2D eigenvalue weighted by atomic mass is 16.5. The molecule has 0 aliphatic carbocycles. The average molecular weight is 556 g/mol. The second-order valence-corrected chi connectivity index (χ2v) is 9.43. The van der Waals surface area contributed by atoms with Gasteiger partial charge in [-0.2, -0.15) is 0 Å². The zero-order chi connectivity index (χ0) is 28.9. The summed E-state index contributed by atoms with van der Waals surface area (Å²) < 4.78 is 23.4. The van der Waals surface area contributed by atoms with Crippen molar-refractivity contribution in [1.82, 2.24) is 19.9 Å². The first kappa shape index (κ1) is 27.6. The van der Waals surface area contributed by atoms with Gasteiger partial charge in [0, 0.05) is 13.1 Å². The van der Waals surface area contributed by atoms with Crippen molar-refractivity contribution in [2.24, 2.45) is 0 Å². The molecule has 3 aromatic carbocycles. The van der Waals surface area contributed by atoms with E-state index in [1.54, 1.807) is 28.4 Å². The van der Waals surface area contributed by atoms with Gasteiger partial charge in [-0.25, -0.2) is 9.97 Å². The molecule has 0 unspecified atom stereocenters. The number of anilines is 1. The zero-order valence-corrected chi connectivity index (χ0v) is 23.6. The highest BCUT2D eigenvalue weighted by molar-refractivity contribution is 6.10. The molecule has 0 aliphatic heterocycles. The number of nitrogens with two attached hydrogens (primary N) is 1. The van der Waals surface area contributed by atoms with Crippen molar-refractivity contribution in [2.75, 3.05) is 40.7 Å². The lowest BCUT2D eigenvalue weighted by Gasteiger charge is -2.11. The van der Waals surface area contributed by atoms with Crippen LogP contribution in [0.3, 0.4) is 0 Å². The number of methoxy groups -OCH3 is 4. The fourth-order valence-electron chi connectivity index (χ4n) is 4.89. The summed E-state index contributed by atoms with van der Waals surface area (Å²) in [6.45, 7) is 0.886. The number of ether oxygens (including phenoxy) is 4. The molecule has 3 N–H and O–H groups in total. The number of carbonyl (C=O) groups is 1. The van der Waals surface area contributed by atoms with Gasteiger partial charge in [0.05, 0.1) is 39.5 Å². The number of amides is 1. The van der Waals surface area contributed by atoms with Crippen molar-refractivity contribution in [3.8, 4) is 23.0 Å². The Kier molecular flexibility index (Phi) is 8.09. The van der Waals surface area contributed by atoms with E-state index in [1.165, 1.54) is 0 Å². The fourth-order valence-corrected chi connectivity index (χ4v) is 4.89. The van der Waals surface area contributed by atoms with Crippen LogP contribution in [0.4, 0.5) is 5.82 Å². The molecule has 0 radical (unpaired) electrons. The van der Waals surface area contributed by atoms with Crippen molar-refractivity contribution >= 4 is 33.9 Å². The maximum Gasteiger partial charge on any atom is 0.257 e. The van der Waals surface area contributed by atoms with Crippen LogP contribution in [0.15, 0.2) is 60.7 Å². The smallest absolute Gasteiger partial charge is 0.257 e. The minimum atomic E-state index is -0.303. The number of para-hydroxylation sites is 2. The van der Waals surface area contributed by atoms with Crippen molar-refractivity contribution in [3.05, 3.63) is 77.4 Å². The van der Waals surface area contributed by atoms with Gasteiger partial charge in [0.25, 0.3) is 5.91 Å². The Hall–Kier alpha value is -4.99. The van der Waals surface area contributed by atoms with Gasteiger partial charge in [0.15, 0.2) is 28.6 Å². The predicted octanol–water partition coefficient (Wildman–Crippen LogP) is 4.42. The van der Waals surface area contributed by atoms with E-state index < -0.39 is 0 Å². The van der Waals surface area contributed by atoms with Crippen LogP contribution >= 0.6 is 0 Å². The van der Waals surface area contributed by atoms with E-state index in [0.29, 0.717) is 77.0 Å². The van der Waals surface area contributed by atoms with Gasteiger partial charge in [0.2, 0.25) is 0 Å². The van der Waals surface area contributed by atoms with Crippen LogP contribution < -0.4 is 30.0 Å². The molecule has 0 bridgehead atoms. The van der Waals surface area contributed by atoms with Crippen LogP contribution in [0.2, 0.25) is 0 Å². The third-order valence-corrected chi connectivity index (χ3v) is 7.04. The van der Waals surface area contributed by atoms with E-state index in [0.717, 1.165) is 16.6 Å². The molecule has 0 atom stereocenters. The molecule has 0 saturated carbocycles. The second-order valence-electron chi connectivity index (χ2n) is 9.43. The zero-order valence-electron chi connectivity index (χ0n) is 23.6. The van der Waals surface area contributed by atoms with E-state index in [-0.39, 0.29) is 5.91 Å². The number of nitrogens with one attached hydrogen (secondary N) is 1. The molecule has 212 valence electrons. The van der Waals surface area contributed by atoms with Gasteiger partial charge in [0.1, 0.15) is 16.9 Å². The summed E-state index contributed by atoms with van der Waals surface area (Å²) in [5.41, 5.74) is 11.4. The Morgan fingerprint density at radius 2 is 1.34 bits per heavy atom. The molecule has 10 nitrogen and oxygen atoms in total. The molecule has 5 aromatic rings. The number of rotatable bonds is 11. The van der Waals surface area contributed by atoms with Gasteiger partial charge in [-0.3, -0.25) is 4.79 Å². The molecule has 1 amide bonds. The van der Waals surface area contributed by atoms with E-state index in [1.807, 2.05) is 65.2 Å². The summed E-state index contributed by atoms with van der Waals surface area (Å²) in [5.74, 6) is 2.61. The standard InChI is InChI=1S/C31H33N5O5/c1-38-23-11-9-19(17-25(23)40-3)13-15-33-31(37)27-28-30(35-22-8-6-5-7-21(22)34-28)36(29(27)32)16-14-20-10-12-24(39-2)26(18-20)41-4/h5-12,17-18H,13-16,32H2,1-4H3,(H,33,37). The summed E-state index contributed by atoms with van der Waals surface area (Å²) >= 11 is 0. The largest absolute Gasteiger partial charge is 0.493 e. The maximum absolute atomic E-state index is 13.5. The number of aromatic nitrogens is 3. The Morgan fingerprint density at radius 1 is 0.780 bits per heavy atom. The number of hydrogen-bond acceptors (Lipinski definition) is 8. The van der Waals surface area contributed by atoms with Crippen LogP contribution in [0.5, 0.6) is 23.0 Å². The minimum absolute atomic E-state index is 0.303. The first-order chi connectivity index (χ1) is 20.0. The highest BCUT2D eigenvalue weighted by Gasteiger charge is 2.24. The molecule has 0 spiro atoms. The number of fused-ring (bicyclic) bond motifs is 2. The van der Waals surface area contributed by atoms with Gasteiger partial charge in [-0.15, -0.1) is 0 Å². The molecule has 2 aromatic heterocycles. The number of aryl methyl sites for hydroxylation is 2. The summed E-state index contributed by atoms with van der Waals surface area (Å²) in [6.07, 6.45) is 1.22. The van der Waals surface area contributed by atoms with E-state index >= 15 is 0 Å². The molecule has 0 fully saturated rings. The maximum atomic E-state index is 13.5. The third-order valence-electron chi connectivity index (χ3n) is 7.04. The lowest BCUT2D eigenvalue weighted by atomic mass is 10.1. The third kappa shape index (κ3) is 5.54. The molecule has 0 saturated heterocycles. The highest BCUT2D eigenvalue weighted by Crippen LogP contribution is 2.31. The van der Waals surface area contributed by atoms with Crippen LogP contribution in [0.25, 0.3) is 22.2 Å². The van der Waals surface area contributed by atoms with Crippen LogP contribution in [-0.2, 0) is 19.4 Å². The fraction of sp³-hybridized carbons (Fsp3) is 0.258. The molecule has 5 rings (SSSR count). The second kappa shape index (κ2) is 12.0. The summed E-state index contributed by atoms with van der Waals surface area (Å²) in [6, 6.07) is 19.0. The molecular formula is C31H33N5O5. The first-order valence-electron chi connectivity index (χ1n) is 13.2. The Morgan fingerprint density at radius 3 is 1.93 bits per heavy atom. The normalized spacial score (nSPS) is 11.0. The van der Waals surface area contributed by atoms with Crippen molar-refractivity contribution < 1.29 is 23.7 Å². The lowest BCUT2D eigenvalue weighted by Crippen LogP contribution is -2.26. The summed E-state index contributed by atoms with van der Waals surface area (Å²) in [5, 5.41) is 3.01. The average Bonchev–Trinajstić information content (AvgIpc) is 3.27. The number of nitrogens with zero attached hydrogens (tertiary/aromatic N) is 3. The monoisotopic (exact) mass is 555 g/mol. The van der Waals surface area contributed by atoms with Crippen LogP contribution in [0.1, 0.15) is 21.5 Å². The number of carbonyl (C=O) groups excluding carboxylic acids is 1. The van der Waals surface area contributed by atoms with Crippen molar-refractivity contribution in [1.29, 1.82) is 0 Å². The van der Waals surface area contributed by atoms with Crippen LogP contribution in [-0.4, -0.2) is 55.4 Å². The van der Waals surface area contributed by atoms with Crippen molar-refractivity contribution in [3.63, 3.8) is 0 Å². The van der Waals surface area contributed by atoms with E-state index in [2.05, 4.69) is 5.32 Å². The lowest BCUT2D eigenvalue weighted by molar-refractivity contribution is 0.0956. The quantitative estimate of drug-likeness (QED) is 0.246. The van der Waals surface area contributed by atoms with Gasteiger partial charge in [-0.1, -0.05) is 24.3 Å². The topological polar surface area (TPSA) is 123 Å². The molecule has 41 heavy (non-hydrogen) atoms. The Labute approximate surface area is 238 Å². The van der Waals surface area contributed by atoms with E-state index in [4.69, 9.17) is 34.6 Å². The number of nitrogen functional groups attached to an aromatic ring is 1. The minimum Gasteiger partial charge on any atom is -0.493 e. The van der Waals surface area contributed by atoms with Crippen molar-refractivity contribution in [2.45, 2.75) is 19.4 Å². The Bertz CT molecular complexity index is 1720. The SMILES string of the molecule is COc1ccc(CCNC(=O)c2c(N)n(CCc3ccc(OC)c(OC)c3)c3nc4ccccc4nc23)cc1OC. The molecular weight excluding hydrogens is 522 g/mol.